The number of furan rings is 1. The fraction of sp³-hybridized carbons (Fsp3) is 0.265. The maximum atomic E-state index is 6.29. The molecule has 0 aliphatic carbocycles. The molecular formula is C34H32N3O+. The first kappa shape index (κ1) is 23.1. The molecule has 2 aromatic heterocycles. The second kappa shape index (κ2) is 8.49. The third-order valence-electron chi connectivity index (χ3n) is 8.76. The third-order valence-corrected chi connectivity index (χ3v) is 8.76. The second-order valence-electron chi connectivity index (χ2n) is 11.0. The van der Waals surface area contributed by atoms with Crippen molar-refractivity contribution in [3.05, 3.63) is 113 Å². The Balaban J connectivity index is 1.46. The van der Waals surface area contributed by atoms with Crippen molar-refractivity contribution in [1.82, 2.24) is 4.98 Å². The Hall–Kier alpha value is -4.05. The number of rotatable bonds is 1. The molecule has 5 heterocycles. The summed E-state index contributed by atoms with van der Waals surface area (Å²) in [6.45, 7) is 15.2. The number of hydrogen-bond donors (Lipinski definition) is 0. The van der Waals surface area contributed by atoms with Crippen LogP contribution < -0.4 is 0 Å². The zero-order valence-electron chi connectivity index (χ0n) is 22.3. The smallest absolute Gasteiger partial charge is 0.227 e. The molecule has 38 heavy (non-hydrogen) atoms. The number of hydrogen-bond acceptors (Lipinski definition) is 3. The monoisotopic (exact) mass is 498 g/mol. The average molecular weight is 499 g/mol. The van der Waals surface area contributed by atoms with Crippen LogP contribution in [-0.4, -0.2) is 33.1 Å². The summed E-state index contributed by atoms with van der Waals surface area (Å²) < 4.78 is 8.73. The first-order valence-corrected chi connectivity index (χ1v) is 13.6. The van der Waals surface area contributed by atoms with Crippen molar-refractivity contribution in [1.29, 1.82) is 0 Å². The van der Waals surface area contributed by atoms with Crippen LogP contribution in [0.25, 0.3) is 22.1 Å². The van der Waals surface area contributed by atoms with Crippen LogP contribution in [-0.2, 0) is 6.42 Å². The molecule has 0 amide bonds. The van der Waals surface area contributed by atoms with Gasteiger partial charge in [-0.1, -0.05) is 30.8 Å². The van der Waals surface area contributed by atoms with E-state index >= 15 is 0 Å². The largest absolute Gasteiger partial charge is 0.438 e. The van der Waals surface area contributed by atoms with E-state index in [1.54, 1.807) is 0 Å². The number of fused-ring (bicyclic) bond motifs is 8. The molecule has 3 atom stereocenters. The lowest BCUT2D eigenvalue weighted by Gasteiger charge is -2.32. The topological polar surface area (TPSA) is 41.4 Å². The van der Waals surface area contributed by atoms with Gasteiger partial charge in [-0.3, -0.25) is 4.99 Å². The summed E-state index contributed by atoms with van der Waals surface area (Å²) >= 11 is 0. The molecule has 4 aromatic rings. The van der Waals surface area contributed by atoms with Crippen LogP contribution in [0.3, 0.4) is 0 Å². The highest BCUT2D eigenvalue weighted by atomic mass is 16.3. The van der Waals surface area contributed by atoms with Gasteiger partial charge in [-0.15, -0.1) is 0 Å². The predicted octanol–water partition coefficient (Wildman–Crippen LogP) is 7.43. The maximum Gasteiger partial charge on any atom is 0.227 e. The molecule has 3 aliphatic heterocycles. The van der Waals surface area contributed by atoms with E-state index < -0.39 is 0 Å². The average Bonchev–Trinajstić information content (AvgIpc) is 3.41. The van der Waals surface area contributed by atoms with Crippen molar-refractivity contribution in [3.8, 4) is 0 Å². The molecule has 0 saturated heterocycles. The Morgan fingerprint density at radius 1 is 1.05 bits per heavy atom. The van der Waals surface area contributed by atoms with Crippen LogP contribution in [0.4, 0.5) is 0 Å². The summed E-state index contributed by atoms with van der Waals surface area (Å²) in [6.07, 6.45) is 7.01. The summed E-state index contributed by atoms with van der Waals surface area (Å²) in [6, 6.07) is 17.9. The van der Waals surface area contributed by atoms with Crippen molar-refractivity contribution < 1.29 is 8.99 Å². The summed E-state index contributed by atoms with van der Waals surface area (Å²) in [4.78, 5) is 9.92. The quantitative estimate of drug-likeness (QED) is 0.256. The van der Waals surface area contributed by atoms with Crippen molar-refractivity contribution in [2.24, 2.45) is 4.99 Å². The van der Waals surface area contributed by atoms with Gasteiger partial charge in [0.25, 0.3) is 0 Å². The van der Waals surface area contributed by atoms with Crippen LogP contribution in [0, 0.1) is 6.92 Å². The van der Waals surface area contributed by atoms with Gasteiger partial charge in [0.05, 0.1) is 23.7 Å². The Bertz CT molecular complexity index is 1780. The lowest BCUT2D eigenvalue weighted by Crippen LogP contribution is -2.32. The van der Waals surface area contributed by atoms with Gasteiger partial charge in [0, 0.05) is 46.5 Å². The van der Waals surface area contributed by atoms with Crippen LogP contribution in [0.15, 0.2) is 94.5 Å². The summed E-state index contributed by atoms with van der Waals surface area (Å²) in [5.74, 6) is 0.309. The zero-order chi connectivity index (χ0) is 26.1. The number of benzene rings is 2. The SMILES string of the molecule is C=CC1=NC2CC(=C)[N+]3=C(C=C(C)C3C)c3cc4c(cc3CCC2c2ccccc21)oc1nc(C)ccc14. The van der Waals surface area contributed by atoms with E-state index in [0.717, 1.165) is 52.7 Å². The van der Waals surface area contributed by atoms with Gasteiger partial charge in [-0.2, -0.15) is 4.58 Å². The molecule has 0 N–H and O–H groups in total. The lowest BCUT2D eigenvalue weighted by atomic mass is 9.78. The summed E-state index contributed by atoms with van der Waals surface area (Å²) in [5, 5.41) is 2.18. The summed E-state index contributed by atoms with van der Waals surface area (Å²) in [5.41, 5.74) is 12.4. The minimum atomic E-state index is 0.128. The van der Waals surface area contributed by atoms with Crippen molar-refractivity contribution in [3.63, 3.8) is 0 Å². The molecule has 2 aromatic carbocycles. The van der Waals surface area contributed by atoms with Crippen molar-refractivity contribution in [2.75, 3.05) is 0 Å². The number of aromatic nitrogens is 1. The number of nitrogens with zero attached hydrogens (tertiary/aromatic N) is 3. The molecule has 4 nitrogen and oxygen atoms in total. The molecule has 0 bridgehead atoms. The van der Waals surface area contributed by atoms with Crippen LogP contribution in [0.5, 0.6) is 0 Å². The van der Waals surface area contributed by atoms with Crippen molar-refractivity contribution in [2.45, 2.75) is 58.0 Å². The molecule has 0 radical (unpaired) electrons. The highest BCUT2D eigenvalue weighted by molar-refractivity contribution is 6.13. The summed E-state index contributed by atoms with van der Waals surface area (Å²) in [7, 11) is 0. The first-order chi connectivity index (χ1) is 18.4. The van der Waals surface area contributed by atoms with Gasteiger partial charge in [-0.25, -0.2) is 4.98 Å². The van der Waals surface area contributed by atoms with Gasteiger partial charge in [0.1, 0.15) is 5.58 Å². The molecule has 4 heteroatoms. The van der Waals surface area contributed by atoms with Crippen molar-refractivity contribution >= 4 is 33.5 Å². The van der Waals surface area contributed by atoms with Gasteiger partial charge in [-0.05, 0) is 74.7 Å². The van der Waals surface area contributed by atoms with E-state index in [1.165, 1.54) is 33.5 Å². The molecule has 0 spiro atoms. The molecule has 188 valence electrons. The molecule has 3 aliphatic rings. The van der Waals surface area contributed by atoms with Crippen LogP contribution >= 0.6 is 0 Å². The fourth-order valence-corrected chi connectivity index (χ4v) is 6.70. The number of aliphatic imine (C=N–C) groups is 1. The first-order valence-electron chi connectivity index (χ1n) is 13.6. The standard InChI is InChI=1S/C34H32N3O/c1-6-30-25-10-8-7-9-24(25)26-14-12-23-17-33-29(27-13-11-20(3)35-34(27)38-33)18-28(23)32-15-19(2)22(5)37(32)21(4)16-31(26)36-30/h6-11,13,15,17-18,22,26,31H,1,4,12,14,16H2,2-3,5H3/q+1. The van der Waals surface area contributed by atoms with Crippen LogP contribution in [0.1, 0.15) is 60.6 Å². The van der Waals surface area contributed by atoms with E-state index in [9.17, 15) is 0 Å². The van der Waals surface area contributed by atoms with E-state index in [1.807, 2.05) is 13.0 Å². The highest BCUT2D eigenvalue weighted by Gasteiger charge is 2.39. The Morgan fingerprint density at radius 3 is 2.74 bits per heavy atom. The molecule has 3 unspecified atom stereocenters. The second-order valence-corrected chi connectivity index (χ2v) is 11.0. The fourth-order valence-electron chi connectivity index (χ4n) is 6.70. The van der Waals surface area contributed by atoms with Gasteiger partial charge in [0.2, 0.25) is 11.4 Å². The van der Waals surface area contributed by atoms with Crippen LogP contribution in [0.2, 0.25) is 0 Å². The number of aryl methyl sites for hydroxylation is 2. The Morgan fingerprint density at radius 2 is 1.89 bits per heavy atom. The Labute approximate surface area is 223 Å². The molecule has 0 fully saturated rings. The lowest BCUT2D eigenvalue weighted by molar-refractivity contribution is -0.501. The highest BCUT2D eigenvalue weighted by Crippen LogP contribution is 2.40. The van der Waals surface area contributed by atoms with Gasteiger partial charge >= 0.3 is 0 Å². The third kappa shape index (κ3) is 3.39. The van der Waals surface area contributed by atoms with Gasteiger partial charge in [0.15, 0.2) is 11.7 Å². The van der Waals surface area contributed by atoms with E-state index in [-0.39, 0.29) is 12.1 Å². The Kier molecular flexibility index (Phi) is 5.16. The minimum absolute atomic E-state index is 0.128. The normalized spacial score (nSPS) is 22.9. The predicted molar refractivity (Wildman–Crippen MR) is 156 cm³/mol. The zero-order valence-corrected chi connectivity index (χ0v) is 22.3. The molecule has 7 rings (SSSR count). The minimum Gasteiger partial charge on any atom is -0.438 e. The van der Waals surface area contributed by atoms with E-state index in [4.69, 9.17) is 9.41 Å². The van der Waals surface area contributed by atoms with Gasteiger partial charge < -0.3 is 4.42 Å². The van der Waals surface area contributed by atoms with E-state index in [0.29, 0.717) is 11.6 Å². The van der Waals surface area contributed by atoms with E-state index in [2.05, 4.69) is 91.2 Å². The number of allylic oxidation sites excluding steroid dienone is 2. The molecular weight excluding hydrogens is 466 g/mol. The molecule has 0 saturated carbocycles. The maximum absolute atomic E-state index is 6.29. The number of pyridine rings is 1.